The van der Waals surface area contributed by atoms with Crippen LogP contribution in [-0.4, -0.2) is 37.7 Å². The van der Waals surface area contributed by atoms with E-state index in [9.17, 15) is 0 Å². The zero-order chi connectivity index (χ0) is 15.4. The lowest BCUT2D eigenvalue weighted by molar-refractivity contribution is 0.264. The summed E-state index contributed by atoms with van der Waals surface area (Å²) in [5.74, 6) is 1.68. The highest BCUT2D eigenvalue weighted by Gasteiger charge is 2.23. The minimum Gasteiger partial charge on any atom is -0.495 e. The Morgan fingerprint density at radius 1 is 1.38 bits per heavy atom. The second-order valence-electron chi connectivity index (χ2n) is 5.95. The molecule has 1 aromatic rings. The van der Waals surface area contributed by atoms with Crippen LogP contribution in [0.15, 0.2) is 21.1 Å². The largest absolute Gasteiger partial charge is 0.495 e. The van der Waals surface area contributed by atoms with Gasteiger partial charge in [-0.15, -0.1) is 0 Å². The van der Waals surface area contributed by atoms with Gasteiger partial charge in [0.15, 0.2) is 0 Å². The highest BCUT2D eigenvalue weighted by molar-refractivity contribution is 9.11. The molecular weight excluding hydrogens is 396 g/mol. The standard InChI is InChI=1S/C16H24Br2N2O/c1-11(2)20-5-4-12(10-20)8-19-9-13-6-14(17)7-15(18)16(13)21-3/h6-7,11-12,19H,4-5,8-10H2,1-3H3. The van der Waals surface area contributed by atoms with E-state index >= 15 is 0 Å². The van der Waals surface area contributed by atoms with Crippen LogP contribution in [0.1, 0.15) is 25.8 Å². The van der Waals surface area contributed by atoms with Gasteiger partial charge in [0.25, 0.3) is 0 Å². The fourth-order valence-electron chi connectivity index (χ4n) is 2.88. The Hall–Kier alpha value is -0.100. The Morgan fingerprint density at radius 3 is 2.76 bits per heavy atom. The second kappa shape index (κ2) is 7.95. The van der Waals surface area contributed by atoms with Crippen molar-refractivity contribution in [3.63, 3.8) is 0 Å². The molecule has 0 saturated carbocycles. The van der Waals surface area contributed by atoms with Gasteiger partial charge in [0.1, 0.15) is 5.75 Å². The number of likely N-dealkylation sites (tertiary alicyclic amines) is 1. The van der Waals surface area contributed by atoms with Crippen LogP contribution in [0.5, 0.6) is 5.75 Å². The molecule has 1 aromatic carbocycles. The van der Waals surface area contributed by atoms with Crippen molar-refractivity contribution in [2.45, 2.75) is 32.9 Å². The Balaban J connectivity index is 1.87. The zero-order valence-electron chi connectivity index (χ0n) is 13.0. The third-order valence-electron chi connectivity index (χ3n) is 4.09. The van der Waals surface area contributed by atoms with Crippen molar-refractivity contribution in [1.29, 1.82) is 0 Å². The highest BCUT2D eigenvalue weighted by Crippen LogP contribution is 2.32. The van der Waals surface area contributed by atoms with Crippen LogP contribution in [0.3, 0.4) is 0 Å². The minimum absolute atomic E-state index is 0.663. The first-order chi connectivity index (χ1) is 10.0. The van der Waals surface area contributed by atoms with E-state index in [2.05, 4.69) is 62.0 Å². The van der Waals surface area contributed by atoms with Crippen LogP contribution in [-0.2, 0) is 6.54 Å². The molecule has 2 rings (SSSR count). The molecule has 0 aliphatic carbocycles. The third kappa shape index (κ3) is 4.68. The van der Waals surface area contributed by atoms with Gasteiger partial charge in [-0.3, -0.25) is 0 Å². The van der Waals surface area contributed by atoms with Crippen LogP contribution in [0.4, 0.5) is 0 Å². The molecule has 0 bridgehead atoms. The lowest BCUT2D eigenvalue weighted by atomic mass is 10.1. The summed E-state index contributed by atoms with van der Waals surface area (Å²) in [6.07, 6.45) is 1.30. The molecule has 1 aliphatic rings. The molecule has 0 amide bonds. The van der Waals surface area contributed by atoms with E-state index in [1.807, 2.05) is 6.07 Å². The molecular formula is C16H24Br2N2O. The van der Waals surface area contributed by atoms with Crippen molar-refractivity contribution in [1.82, 2.24) is 10.2 Å². The monoisotopic (exact) mass is 418 g/mol. The number of hydrogen-bond donors (Lipinski definition) is 1. The maximum absolute atomic E-state index is 5.49. The van der Waals surface area contributed by atoms with Gasteiger partial charge in [0.2, 0.25) is 0 Å². The number of hydrogen-bond acceptors (Lipinski definition) is 3. The molecule has 1 atom stereocenters. The summed E-state index contributed by atoms with van der Waals surface area (Å²) < 4.78 is 7.54. The summed E-state index contributed by atoms with van der Waals surface area (Å²) in [4.78, 5) is 2.56. The molecule has 0 aromatic heterocycles. The molecule has 3 nitrogen and oxygen atoms in total. The molecule has 118 valence electrons. The van der Waals surface area contributed by atoms with Crippen molar-refractivity contribution in [3.05, 3.63) is 26.6 Å². The average Bonchev–Trinajstić information content (AvgIpc) is 2.87. The summed E-state index contributed by atoms with van der Waals surface area (Å²) in [5.41, 5.74) is 1.18. The molecule has 1 saturated heterocycles. The lowest BCUT2D eigenvalue weighted by Gasteiger charge is -2.20. The number of methoxy groups -OCH3 is 1. The number of halogens is 2. The summed E-state index contributed by atoms with van der Waals surface area (Å²) in [6, 6.07) is 4.79. The van der Waals surface area contributed by atoms with Gasteiger partial charge >= 0.3 is 0 Å². The summed E-state index contributed by atoms with van der Waals surface area (Å²) in [7, 11) is 1.72. The van der Waals surface area contributed by atoms with Crippen LogP contribution in [0, 0.1) is 5.92 Å². The first-order valence-electron chi connectivity index (χ1n) is 7.48. The van der Waals surface area contributed by atoms with Gasteiger partial charge in [-0.2, -0.15) is 0 Å². The van der Waals surface area contributed by atoms with Crippen LogP contribution in [0.2, 0.25) is 0 Å². The Labute approximate surface area is 144 Å². The Bertz CT molecular complexity index is 480. The number of ether oxygens (including phenoxy) is 1. The van der Waals surface area contributed by atoms with Crippen molar-refractivity contribution in [3.8, 4) is 5.75 Å². The van der Waals surface area contributed by atoms with Crippen LogP contribution < -0.4 is 10.1 Å². The van der Waals surface area contributed by atoms with Gasteiger partial charge < -0.3 is 15.0 Å². The molecule has 1 fully saturated rings. The normalized spacial score (nSPS) is 19.4. The molecule has 1 heterocycles. The predicted octanol–water partition coefficient (Wildman–Crippen LogP) is 4.04. The van der Waals surface area contributed by atoms with E-state index < -0.39 is 0 Å². The van der Waals surface area contributed by atoms with Crippen molar-refractivity contribution in [2.75, 3.05) is 26.7 Å². The quantitative estimate of drug-likeness (QED) is 0.752. The van der Waals surface area contributed by atoms with Gasteiger partial charge in [-0.1, -0.05) is 15.9 Å². The maximum atomic E-state index is 5.49. The highest BCUT2D eigenvalue weighted by atomic mass is 79.9. The molecule has 1 N–H and O–H groups in total. The average molecular weight is 420 g/mol. The first-order valence-corrected chi connectivity index (χ1v) is 9.06. The second-order valence-corrected chi connectivity index (χ2v) is 7.72. The van der Waals surface area contributed by atoms with Gasteiger partial charge in [-0.05, 0) is 67.3 Å². The molecule has 5 heteroatoms. The van der Waals surface area contributed by atoms with Crippen molar-refractivity contribution >= 4 is 31.9 Å². The maximum Gasteiger partial charge on any atom is 0.137 e. The van der Waals surface area contributed by atoms with Crippen LogP contribution >= 0.6 is 31.9 Å². The molecule has 0 radical (unpaired) electrons. The third-order valence-corrected chi connectivity index (χ3v) is 5.13. The molecule has 1 unspecified atom stereocenters. The smallest absolute Gasteiger partial charge is 0.137 e. The number of benzene rings is 1. The first kappa shape index (κ1) is 17.3. The fourth-order valence-corrected chi connectivity index (χ4v) is 4.36. The number of rotatable bonds is 6. The topological polar surface area (TPSA) is 24.5 Å². The van der Waals surface area contributed by atoms with Crippen LogP contribution in [0.25, 0.3) is 0 Å². The van der Waals surface area contributed by atoms with Crippen molar-refractivity contribution in [2.24, 2.45) is 5.92 Å². The molecule has 0 spiro atoms. The summed E-state index contributed by atoms with van der Waals surface area (Å²) in [6.45, 7) is 8.90. The number of nitrogens with zero attached hydrogens (tertiary/aromatic N) is 1. The molecule has 1 aliphatic heterocycles. The minimum atomic E-state index is 0.663. The Kier molecular flexibility index (Phi) is 6.53. The van der Waals surface area contributed by atoms with Gasteiger partial charge in [-0.25, -0.2) is 0 Å². The lowest BCUT2D eigenvalue weighted by Crippen LogP contribution is -2.30. The predicted molar refractivity (Wildman–Crippen MR) is 94.9 cm³/mol. The zero-order valence-corrected chi connectivity index (χ0v) is 16.1. The Morgan fingerprint density at radius 2 is 2.14 bits per heavy atom. The van der Waals surface area contributed by atoms with Gasteiger partial charge in [0, 0.05) is 29.2 Å². The van der Waals surface area contributed by atoms with E-state index in [1.54, 1.807) is 7.11 Å². The van der Waals surface area contributed by atoms with E-state index in [1.165, 1.54) is 25.1 Å². The van der Waals surface area contributed by atoms with Gasteiger partial charge in [0.05, 0.1) is 11.6 Å². The number of nitrogens with one attached hydrogen (secondary N) is 1. The summed E-state index contributed by atoms with van der Waals surface area (Å²) in [5, 5.41) is 3.58. The van der Waals surface area contributed by atoms with E-state index in [0.29, 0.717) is 6.04 Å². The molecule has 21 heavy (non-hydrogen) atoms. The summed E-state index contributed by atoms with van der Waals surface area (Å²) >= 11 is 7.09. The SMILES string of the molecule is COc1c(Br)cc(Br)cc1CNCC1CCN(C(C)C)C1. The van der Waals surface area contributed by atoms with E-state index in [-0.39, 0.29) is 0 Å². The van der Waals surface area contributed by atoms with Crippen molar-refractivity contribution < 1.29 is 4.74 Å². The fraction of sp³-hybridized carbons (Fsp3) is 0.625. The van der Waals surface area contributed by atoms with E-state index in [0.717, 1.165) is 33.7 Å². The van der Waals surface area contributed by atoms with E-state index in [4.69, 9.17) is 4.74 Å².